The molecule has 0 atom stereocenters. The number of ether oxygens (including phenoxy) is 1. The van der Waals surface area contributed by atoms with Gasteiger partial charge < -0.3 is 15.4 Å². The van der Waals surface area contributed by atoms with Crippen LogP contribution in [0.15, 0.2) is 18.2 Å². The lowest BCUT2D eigenvalue weighted by molar-refractivity contribution is -0.120. The number of carbonyl (C=O) groups is 1. The fourth-order valence-corrected chi connectivity index (χ4v) is 1.40. The van der Waals surface area contributed by atoms with Crippen LogP contribution in [0.25, 0.3) is 0 Å². The summed E-state index contributed by atoms with van der Waals surface area (Å²) in [6.45, 7) is 2.85. The van der Waals surface area contributed by atoms with Gasteiger partial charge in [0.1, 0.15) is 5.75 Å². The maximum absolute atomic E-state index is 11.2. The standard InChI is InChI=1S/C12H18N2O2/c1-9-4-5-10(6-11(9)16-3)7-14-12(15)8-13-2/h4-6,13H,7-8H2,1-3H3,(H,14,15). The second-order valence-corrected chi connectivity index (χ2v) is 3.61. The largest absolute Gasteiger partial charge is 0.496 e. The zero-order valence-corrected chi connectivity index (χ0v) is 9.96. The highest BCUT2D eigenvalue weighted by molar-refractivity contribution is 5.77. The summed E-state index contributed by atoms with van der Waals surface area (Å²) in [7, 11) is 3.39. The highest BCUT2D eigenvalue weighted by Crippen LogP contribution is 2.18. The third kappa shape index (κ3) is 3.55. The predicted octanol–water partition coefficient (Wildman–Crippen LogP) is 0.839. The normalized spacial score (nSPS) is 9.94. The molecule has 0 aromatic heterocycles. The lowest BCUT2D eigenvalue weighted by Crippen LogP contribution is -2.31. The van der Waals surface area contributed by atoms with E-state index in [2.05, 4.69) is 10.6 Å². The van der Waals surface area contributed by atoms with Gasteiger partial charge in [-0.3, -0.25) is 4.79 Å². The van der Waals surface area contributed by atoms with E-state index >= 15 is 0 Å². The number of aryl methyl sites for hydroxylation is 1. The van der Waals surface area contributed by atoms with Crippen LogP contribution in [0.1, 0.15) is 11.1 Å². The Labute approximate surface area is 96.0 Å². The van der Waals surface area contributed by atoms with Gasteiger partial charge in [0.15, 0.2) is 0 Å². The molecular formula is C12H18N2O2. The van der Waals surface area contributed by atoms with Crippen molar-refractivity contribution in [3.8, 4) is 5.75 Å². The minimum absolute atomic E-state index is 0.0120. The number of likely N-dealkylation sites (N-methyl/N-ethyl adjacent to an activating group) is 1. The fourth-order valence-electron chi connectivity index (χ4n) is 1.40. The lowest BCUT2D eigenvalue weighted by atomic mass is 10.1. The van der Waals surface area contributed by atoms with Crippen LogP contribution in [0.3, 0.4) is 0 Å². The first kappa shape index (κ1) is 12.5. The summed E-state index contributed by atoms with van der Waals surface area (Å²) in [5.74, 6) is 0.836. The molecule has 0 aliphatic rings. The van der Waals surface area contributed by atoms with Crippen molar-refractivity contribution >= 4 is 5.91 Å². The molecule has 0 spiro atoms. The molecule has 4 nitrogen and oxygen atoms in total. The zero-order valence-electron chi connectivity index (χ0n) is 9.96. The number of nitrogens with one attached hydrogen (secondary N) is 2. The van der Waals surface area contributed by atoms with Gasteiger partial charge in [-0.25, -0.2) is 0 Å². The van der Waals surface area contributed by atoms with E-state index in [4.69, 9.17) is 4.74 Å². The Morgan fingerprint density at radius 2 is 2.19 bits per heavy atom. The Balaban J connectivity index is 2.57. The summed E-state index contributed by atoms with van der Waals surface area (Å²) in [6, 6.07) is 5.91. The lowest BCUT2D eigenvalue weighted by Gasteiger charge is -2.08. The molecule has 0 saturated heterocycles. The van der Waals surface area contributed by atoms with Crippen molar-refractivity contribution in [2.24, 2.45) is 0 Å². The number of carbonyl (C=O) groups excluding carboxylic acids is 1. The molecular weight excluding hydrogens is 204 g/mol. The van der Waals surface area contributed by atoms with E-state index < -0.39 is 0 Å². The summed E-state index contributed by atoms with van der Waals surface area (Å²) in [6.07, 6.45) is 0. The Hall–Kier alpha value is -1.55. The number of rotatable bonds is 5. The summed E-state index contributed by atoms with van der Waals surface area (Å²) >= 11 is 0. The maximum Gasteiger partial charge on any atom is 0.234 e. The molecule has 1 aromatic rings. The number of benzene rings is 1. The molecule has 1 aromatic carbocycles. The number of amides is 1. The van der Waals surface area contributed by atoms with Crippen molar-refractivity contribution in [2.45, 2.75) is 13.5 Å². The second-order valence-electron chi connectivity index (χ2n) is 3.61. The highest BCUT2D eigenvalue weighted by Gasteiger charge is 2.02. The highest BCUT2D eigenvalue weighted by atomic mass is 16.5. The summed E-state index contributed by atoms with van der Waals surface area (Å²) in [4.78, 5) is 11.2. The minimum atomic E-state index is -0.0120. The molecule has 16 heavy (non-hydrogen) atoms. The molecule has 0 heterocycles. The van der Waals surface area contributed by atoms with Gasteiger partial charge in [-0.2, -0.15) is 0 Å². The molecule has 88 valence electrons. The molecule has 0 unspecified atom stereocenters. The third-order valence-electron chi connectivity index (χ3n) is 2.30. The van der Waals surface area contributed by atoms with E-state index in [9.17, 15) is 4.79 Å². The van der Waals surface area contributed by atoms with E-state index in [1.807, 2.05) is 25.1 Å². The first-order chi connectivity index (χ1) is 7.67. The Bertz CT molecular complexity index is 364. The van der Waals surface area contributed by atoms with Gasteiger partial charge in [-0.05, 0) is 31.2 Å². The van der Waals surface area contributed by atoms with Crippen molar-refractivity contribution in [1.29, 1.82) is 0 Å². The van der Waals surface area contributed by atoms with Gasteiger partial charge in [-0.15, -0.1) is 0 Å². The van der Waals surface area contributed by atoms with Crippen LogP contribution in [-0.2, 0) is 11.3 Å². The minimum Gasteiger partial charge on any atom is -0.496 e. The van der Waals surface area contributed by atoms with Crippen molar-refractivity contribution in [1.82, 2.24) is 10.6 Å². The van der Waals surface area contributed by atoms with Gasteiger partial charge >= 0.3 is 0 Å². The van der Waals surface area contributed by atoms with E-state index in [0.717, 1.165) is 16.9 Å². The van der Waals surface area contributed by atoms with E-state index in [-0.39, 0.29) is 5.91 Å². The monoisotopic (exact) mass is 222 g/mol. The van der Waals surface area contributed by atoms with Crippen LogP contribution in [0, 0.1) is 6.92 Å². The van der Waals surface area contributed by atoms with E-state index in [0.29, 0.717) is 13.1 Å². The molecule has 0 fully saturated rings. The van der Waals surface area contributed by atoms with Gasteiger partial charge in [0.25, 0.3) is 0 Å². The zero-order chi connectivity index (χ0) is 12.0. The van der Waals surface area contributed by atoms with Crippen molar-refractivity contribution < 1.29 is 9.53 Å². The van der Waals surface area contributed by atoms with Crippen LogP contribution >= 0.6 is 0 Å². The average molecular weight is 222 g/mol. The van der Waals surface area contributed by atoms with Crippen LogP contribution in [0.4, 0.5) is 0 Å². The van der Waals surface area contributed by atoms with Crippen molar-refractivity contribution in [3.63, 3.8) is 0 Å². The molecule has 2 N–H and O–H groups in total. The van der Waals surface area contributed by atoms with Crippen molar-refractivity contribution in [2.75, 3.05) is 20.7 Å². The summed E-state index contributed by atoms with van der Waals surface area (Å²) in [5, 5.41) is 5.61. The summed E-state index contributed by atoms with van der Waals surface area (Å²) < 4.78 is 5.21. The first-order valence-electron chi connectivity index (χ1n) is 5.22. The Kier molecular flexibility index (Phi) is 4.79. The second kappa shape index (κ2) is 6.12. The van der Waals surface area contributed by atoms with Crippen LogP contribution in [0.5, 0.6) is 5.75 Å². The Morgan fingerprint density at radius 3 is 2.81 bits per heavy atom. The number of hydrogen-bond donors (Lipinski definition) is 2. The van der Waals surface area contributed by atoms with E-state index in [1.54, 1.807) is 14.2 Å². The van der Waals surface area contributed by atoms with Gasteiger partial charge in [-0.1, -0.05) is 12.1 Å². The molecule has 4 heteroatoms. The predicted molar refractivity (Wildman–Crippen MR) is 63.5 cm³/mol. The number of hydrogen-bond acceptors (Lipinski definition) is 3. The third-order valence-corrected chi connectivity index (χ3v) is 2.30. The average Bonchev–Trinajstić information content (AvgIpc) is 2.28. The topological polar surface area (TPSA) is 50.4 Å². The fraction of sp³-hybridized carbons (Fsp3) is 0.417. The SMILES string of the molecule is CNCC(=O)NCc1ccc(C)c(OC)c1. The van der Waals surface area contributed by atoms with Crippen LogP contribution in [-0.4, -0.2) is 26.6 Å². The molecule has 0 aliphatic carbocycles. The number of methoxy groups -OCH3 is 1. The summed E-state index contributed by atoms with van der Waals surface area (Å²) in [5.41, 5.74) is 2.12. The smallest absolute Gasteiger partial charge is 0.234 e. The molecule has 0 saturated carbocycles. The van der Waals surface area contributed by atoms with Gasteiger partial charge in [0.2, 0.25) is 5.91 Å². The van der Waals surface area contributed by atoms with Gasteiger partial charge in [0.05, 0.1) is 13.7 Å². The quantitative estimate of drug-likeness (QED) is 0.776. The van der Waals surface area contributed by atoms with Crippen molar-refractivity contribution in [3.05, 3.63) is 29.3 Å². The van der Waals surface area contributed by atoms with Crippen LogP contribution in [0.2, 0.25) is 0 Å². The molecule has 0 aliphatic heterocycles. The van der Waals surface area contributed by atoms with Crippen LogP contribution < -0.4 is 15.4 Å². The molecule has 0 radical (unpaired) electrons. The molecule has 0 bridgehead atoms. The molecule has 1 amide bonds. The van der Waals surface area contributed by atoms with Gasteiger partial charge in [0, 0.05) is 6.54 Å². The molecule has 1 rings (SSSR count). The Morgan fingerprint density at radius 1 is 1.44 bits per heavy atom. The first-order valence-corrected chi connectivity index (χ1v) is 5.22. The maximum atomic E-state index is 11.2. The van der Waals surface area contributed by atoms with E-state index in [1.165, 1.54) is 0 Å².